The van der Waals surface area contributed by atoms with Gasteiger partial charge in [0.25, 0.3) is 0 Å². The van der Waals surface area contributed by atoms with Gasteiger partial charge in [-0.05, 0) is 0 Å². The summed E-state index contributed by atoms with van der Waals surface area (Å²) in [6, 6.07) is 0. The van der Waals surface area contributed by atoms with Crippen molar-refractivity contribution in [3.05, 3.63) is 0 Å². The molecule has 0 heterocycles. The molecule has 0 aromatic rings. The van der Waals surface area contributed by atoms with Crippen LogP contribution in [0.2, 0.25) is 0 Å². The molecule has 8 atom stereocenters. The Morgan fingerprint density at radius 1 is 0.364 bits per heavy atom. The van der Waals surface area contributed by atoms with Crippen LogP contribution in [0.25, 0.3) is 0 Å². The first kappa shape index (κ1) is 53.3. The van der Waals surface area contributed by atoms with Crippen molar-refractivity contribution in [2.75, 3.05) is 26.4 Å². The van der Waals surface area contributed by atoms with Crippen LogP contribution >= 0.6 is 0 Å². The van der Waals surface area contributed by atoms with E-state index < -0.39 is 0 Å². The van der Waals surface area contributed by atoms with E-state index in [0.717, 1.165) is 77.0 Å². The predicted octanol–water partition coefficient (Wildman–Crippen LogP) is 6.61. The third kappa shape index (κ3) is 28.4. The molecule has 0 rings (SSSR count). The maximum atomic E-state index is 8.97. The third-order valence-corrected chi connectivity index (χ3v) is 9.93. The molecule has 0 aliphatic carbocycles. The zero-order chi connectivity index (χ0) is 34.8. The van der Waals surface area contributed by atoms with Crippen LogP contribution in [0.3, 0.4) is 0 Å². The van der Waals surface area contributed by atoms with E-state index >= 15 is 0 Å². The van der Waals surface area contributed by atoms with E-state index in [1.165, 1.54) is 0 Å². The summed E-state index contributed by atoms with van der Waals surface area (Å²) in [4.78, 5) is 0. The van der Waals surface area contributed by atoms with Gasteiger partial charge in [0.2, 0.25) is 0 Å². The molecule has 44 heavy (non-hydrogen) atoms. The van der Waals surface area contributed by atoms with Crippen molar-refractivity contribution in [1.82, 2.24) is 0 Å². The van der Waals surface area contributed by atoms with Crippen molar-refractivity contribution >= 4 is 0 Å². The molecule has 0 aliphatic heterocycles. The summed E-state index contributed by atoms with van der Waals surface area (Å²) in [5, 5.41) is 35.9. The van der Waals surface area contributed by atoms with Crippen LogP contribution < -0.4 is 0 Å². The number of rotatable bonds is 24. The molecule has 0 aliphatic rings. The van der Waals surface area contributed by atoms with Crippen molar-refractivity contribution in [2.24, 2.45) is 23.7 Å². The zero-order valence-electron chi connectivity index (χ0n) is 29.4. The van der Waals surface area contributed by atoms with Gasteiger partial charge in [-0.1, -0.05) is 0 Å². The minimum atomic E-state index is 0.245. The molecule has 8 nitrogen and oxygen atoms in total. The van der Waals surface area contributed by atoms with E-state index in [9.17, 15) is 0 Å². The van der Waals surface area contributed by atoms with Crippen LogP contribution in [0, 0.1) is 23.7 Å². The van der Waals surface area contributed by atoms with Gasteiger partial charge in [-0.25, -0.2) is 0 Å². The van der Waals surface area contributed by atoms with Crippen LogP contribution in [0.4, 0.5) is 0 Å². The molecular weight excluding hydrogens is 704 g/mol. The summed E-state index contributed by atoms with van der Waals surface area (Å²) < 4.78 is 21.1. The van der Waals surface area contributed by atoms with Crippen LogP contribution in [-0.4, -0.2) is 71.3 Å². The molecular formula is C32H68O8Ti4. The van der Waals surface area contributed by atoms with Gasteiger partial charge in [0, 0.05) is 0 Å². The first-order valence-corrected chi connectivity index (χ1v) is 19.5. The van der Waals surface area contributed by atoms with E-state index in [4.69, 9.17) is 33.7 Å². The third-order valence-electron chi connectivity index (χ3n) is 8.04. The van der Waals surface area contributed by atoms with Crippen molar-refractivity contribution in [3.8, 4) is 0 Å². The zero-order valence-corrected chi connectivity index (χ0v) is 35.6. The minimum absolute atomic E-state index is 0.245. The molecule has 8 unspecified atom stereocenters. The SMILES string of the molecule is CCCC([O][Ti])C(CC)CO.CCCC([O][Ti])C(CC)CO.CCCC([O][Ti])C(CC)CO.CCCC([O][Ti])C(CC)CO. The van der Waals surface area contributed by atoms with Crippen LogP contribution in [0.15, 0.2) is 0 Å². The second kappa shape index (κ2) is 41.7. The number of aliphatic hydroxyl groups excluding tert-OH is 4. The molecule has 0 amide bonds. The second-order valence-corrected chi connectivity index (χ2v) is 12.7. The summed E-state index contributed by atoms with van der Waals surface area (Å²) in [7, 11) is 0. The van der Waals surface area contributed by atoms with Crippen LogP contribution in [-0.2, 0) is 96.6 Å². The quantitative estimate of drug-likeness (QED) is 0.0811. The molecule has 0 aromatic carbocycles. The number of aliphatic hydroxyl groups is 4. The Kier molecular flexibility index (Phi) is 50.6. The fourth-order valence-corrected chi connectivity index (χ4v) is 6.68. The molecule has 260 valence electrons. The molecule has 0 bridgehead atoms. The normalized spacial score (nSPS) is 16.2. The Morgan fingerprint density at radius 3 is 0.591 bits per heavy atom. The van der Waals surface area contributed by atoms with Gasteiger partial charge in [-0.15, -0.1) is 0 Å². The summed E-state index contributed by atoms with van der Waals surface area (Å²) in [5.41, 5.74) is 0. The molecule has 0 spiro atoms. The van der Waals surface area contributed by atoms with Crippen molar-refractivity contribution in [1.29, 1.82) is 0 Å². The standard InChI is InChI=1S/4C8H17O2.4Ti/c4*1-3-5-8(10)7(4-2)6-9;;;;/h4*7-9H,3-6H2,1-2H3;;;;/q4*-1;4*+1. The topological polar surface area (TPSA) is 118 Å². The number of hydrogen-bond acceptors (Lipinski definition) is 8. The molecule has 0 saturated heterocycles. The molecule has 0 saturated carbocycles. The first-order chi connectivity index (χ1) is 21.2. The van der Waals surface area contributed by atoms with Crippen molar-refractivity contribution in [2.45, 2.75) is 157 Å². The van der Waals surface area contributed by atoms with E-state index in [2.05, 4.69) is 55.4 Å². The van der Waals surface area contributed by atoms with Gasteiger partial charge < -0.3 is 0 Å². The van der Waals surface area contributed by atoms with Gasteiger partial charge >= 0.3 is 324 Å². The second-order valence-electron chi connectivity index (χ2n) is 11.2. The number of hydrogen-bond donors (Lipinski definition) is 4. The van der Waals surface area contributed by atoms with Gasteiger partial charge in [-0.2, -0.15) is 0 Å². The predicted molar refractivity (Wildman–Crippen MR) is 163 cm³/mol. The Labute approximate surface area is 321 Å². The summed E-state index contributed by atoms with van der Waals surface area (Å²) >= 11 is 6.88. The Bertz CT molecular complexity index is 425. The molecule has 12 heteroatoms. The summed E-state index contributed by atoms with van der Waals surface area (Å²) in [5.74, 6) is 1.28. The van der Waals surface area contributed by atoms with E-state index in [1.54, 1.807) is 83.3 Å². The van der Waals surface area contributed by atoms with E-state index in [0.29, 0.717) is 23.7 Å². The molecule has 0 radical (unpaired) electrons. The van der Waals surface area contributed by atoms with Gasteiger partial charge in [0.05, 0.1) is 0 Å². The molecule has 0 aromatic heterocycles. The Morgan fingerprint density at radius 2 is 0.523 bits per heavy atom. The van der Waals surface area contributed by atoms with Crippen molar-refractivity contribution < 1.29 is 117 Å². The first-order valence-electron chi connectivity index (χ1n) is 16.9. The molecule has 0 fully saturated rings. The Hall–Kier alpha value is 2.54. The Balaban J connectivity index is -0.000000242. The summed E-state index contributed by atoms with van der Waals surface area (Å²) in [6.07, 6.45) is 13.6. The van der Waals surface area contributed by atoms with Crippen LogP contribution in [0.1, 0.15) is 132 Å². The van der Waals surface area contributed by atoms with Gasteiger partial charge in [0.15, 0.2) is 0 Å². The fraction of sp³-hybridized carbons (Fsp3) is 1.00. The summed E-state index contributed by atoms with van der Waals surface area (Å²) in [6.45, 7) is 17.9. The van der Waals surface area contributed by atoms with Crippen LogP contribution in [0.5, 0.6) is 0 Å². The van der Waals surface area contributed by atoms with E-state index in [1.807, 2.05) is 0 Å². The van der Waals surface area contributed by atoms with Gasteiger partial charge in [0.1, 0.15) is 0 Å². The fourth-order valence-electron chi connectivity index (χ4n) is 4.74. The van der Waals surface area contributed by atoms with E-state index in [-0.39, 0.29) is 50.8 Å². The average molecular weight is 772 g/mol. The molecule has 4 N–H and O–H groups in total. The van der Waals surface area contributed by atoms with Gasteiger partial charge in [-0.3, -0.25) is 0 Å². The monoisotopic (exact) mass is 772 g/mol. The average Bonchev–Trinajstić information content (AvgIpc) is 3.05. The van der Waals surface area contributed by atoms with Crippen molar-refractivity contribution in [3.63, 3.8) is 0 Å². The maximum absolute atomic E-state index is 8.97.